The molecule has 0 spiro atoms. The number of carbonyl (C=O) groups is 1. The van der Waals surface area contributed by atoms with Gasteiger partial charge in [0.05, 0.1) is 6.10 Å². The van der Waals surface area contributed by atoms with E-state index in [9.17, 15) is 4.79 Å². The van der Waals surface area contributed by atoms with E-state index in [1.165, 1.54) is 0 Å². The van der Waals surface area contributed by atoms with Crippen molar-refractivity contribution in [2.75, 3.05) is 13.2 Å². The number of amides is 1. The molecule has 0 aromatic carbocycles. The van der Waals surface area contributed by atoms with Crippen molar-refractivity contribution in [2.45, 2.75) is 57.8 Å². The third-order valence-electron chi connectivity index (χ3n) is 2.47. The fourth-order valence-electron chi connectivity index (χ4n) is 1.61. The number of aliphatic hydroxyl groups excluding tert-OH is 1. The van der Waals surface area contributed by atoms with E-state index in [0.29, 0.717) is 13.0 Å². The van der Waals surface area contributed by atoms with Crippen molar-refractivity contribution in [3.05, 3.63) is 0 Å². The molecule has 0 atom stereocenters. The molecule has 0 aromatic rings. The van der Waals surface area contributed by atoms with Crippen LogP contribution in [-0.4, -0.2) is 42.2 Å². The summed E-state index contributed by atoms with van der Waals surface area (Å²) in [5.74, 6) is 0. The van der Waals surface area contributed by atoms with Crippen LogP contribution in [-0.2, 0) is 9.47 Å². The molecule has 2 N–H and O–H groups in total. The Balaban J connectivity index is 2.07. The van der Waals surface area contributed by atoms with E-state index < -0.39 is 5.60 Å². The van der Waals surface area contributed by atoms with E-state index in [2.05, 4.69) is 5.32 Å². The fourth-order valence-corrected chi connectivity index (χ4v) is 1.61. The van der Waals surface area contributed by atoms with Gasteiger partial charge in [-0.15, -0.1) is 0 Å². The Hall–Kier alpha value is -0.810. The maximum Gasteiger partial charge on any atom is 0.407 e. The van der Waals surface area contributed by atoms with E-state index in [4.69, 9.17) is 14.6 Å². The van der Waals surface area contributed by atoms with Crippen LogP contribution in [0.5, 0.6) is 0 Å². The standard InChI is InChI=1S/C12H23NO4/c1-12(2,3)17-11(15)13-9-7-10(8-9)16-6-4-5-14/h9-10,14H,4-8H2,1-3H3,(H,13,15)/t9-,10+. The fraction of sp³-hybridized carbons (Fsp3) is 0.917. The highest BCUT2D eigenvalue weighted by Gasteiger charge is 2.32. The van der Waals surface area contributed by atoms with Gasteiger partial charge in [-0.05, 0) is 40.0 Å². The van der Waals surface area contributed by atoms with Crippen LogP contribution in [0.25, 0.3) is 0 Å². The molecule has 1 aliphatic carbocycles. The molecule has 0 aromatic heterocycles. The lowest BCUT2D eigenvalue weighted by atomic mass is 9.89. The van der Waals surface area contributed by atoms with Crippen LogP contribution in [0.1, 0.15) is 40.0 Å². The van der Waals surface area contributed by atoms with Crippen LogP contribution in [0.3, 0.4) is 0 Å². The van der Waals surface area contributed by atoms with Crippen LogP contribution >= 0.6 is 0 Å². The van der Waals surface area contributed by atoms with Gasteiger partial charge in [0, 0.05) is 19.3 Å². The summed E-state index contributed by atoms with van der Waals surface area (Å²) in [5, 5.41) is 11.4. The molecule has 0 heterocycles. The number of carbonyl (C=O) groups excluding carboxylic acids is 1. The van der Waals surface area contributed by atoms with Crippen molar-refractivity contribution in [2.24, 2.45) is 0 Å². The number of nitrogens with one attached hydrogen (secondary N) is 1. The lowest BCUT2D eigenvalue weighted by Crippen LogP contribution is -2.49. The van der Waals surface area contributed by atoms with Crippen molar-refractivity contribution in [1.82, 2.24) is 5.32 Å². The Morgan fingerprint density at radius 1 is 1.41 bits per heavy atom. The van der Waals surface area contributed by atoms with Gasteiger partial charge in [-0.1, -0.05) is 0 Å². The van der Waals surface area contributed by atoms with Gasteiger partial charge in [-0.25, -0.2) is 4.79 Å². The molecule has 0 unspecified atom stereocenters. The summed E-state index contributed by atoms with van der Waals surface area (Å²) in [5.41, 5.74) is -0.454. The highest BCUT2D eigenvalue weighted by atomic mass is 16.6. The van der Waals surface area contributed by atoms with Gasteiger partial charge in [-0.3, -0.25) is 0 Å². The molecular formula is C12H23NO4. The van der Waals surface area contributed by atoms with Gasteiger partial charge in [0.2, 0.25) is 0 Å². The Morgan fingerprint density at radius 2 is 2.06 bits per heavy atom. The molecular weight excluding hydrogens is 222 g/mol. The van der Waals surface area contributed by atoms with E-state index in [0.717, 1.165) is 12.8 Å². The van der Waals surface area contributed by atoms with Gasteiger partial charge in [0.1, 0.15) is 5.60 Å². The molecule has 17 heavy (non-hydrogen) atoms. The molecule has 0 radical (unpaired) electrons. The van der Waals surface area contributed by atoms with E-state index in [-0.39, 0.29) is 24.8 Å². The van der Waals surface area contributed by atoms with Crippen LogP contribution in [0.4, 0.5) is 4.79 Å². The number of aliphatic hydroxyl groups is 1. The van der Waals surface area contributed by atoms with Crippen LogP contribution in [0, 0.1) is 0 Å². The second-order valence-corrected chi connectivity index (χ2v) is 5.38. The number of alkyl carbamates (subject to hydrolysis) is 1. The number of hydrogen-bond donors (Lipinski definition) is 2. The molecule has 5 nitrogen and oxygen atoms in total. The first kappa shape index (κ1) is 14.3. The van der Waals surface area contributed by atoms with Crippen LogP contribution < -0.4 is 5.32 Å². The summed E-state index contributed by atoms with van der Waals surface area (Å²) in [4.78, 5) is 11.4. The van der Waals surface area contributed by atoms with Crippen molar-refractivity contribution < 1.29 is 19.4 Å². The third kappa shape index (κ3) is 5.89. The predicted molar refractivity (Wildman–Crippen MR) is 63.8 cm³/mol. The first-order chi connectivity index (χ1) is 7.90. The molecule has 1 saturated carbocycles. The minimum absolute atomic E-state index is 0.156. The second-order valence-electron chi connectivity index (χ2n) is 5.38. The van der Waals surface area contributed by atoms with Gasteiger partial charge >= 0.3 is 6.09 Å². The molecule has 0 aliphatic heterocycles. The van der Waals surface area contributed by atoms with Crippen LogP contribution in [0.15, 0.2) is 0 Å². The van der Waals surface area contributed by atoms with E-state index >= 15 is 0 Å². The zero-order chi connectivity index (χ0) is 12.9. The molecule has 1 aliphatic rings. The predicted octanol–water partition coefficient (Wildman–Crippen LogP) is 1.44. The van der Waals surface area contributed by atoms with Gasteiger partial charge < -0.3 is 19.9 Å². The van der Waals surface area contributed by atoms with Crippen molar-refractivity contribution >= 4 is 6.09 Å². The molecule has 1 amide bonds. The first-order valence-corrected chi connectivity index (χ1v) is 6.12. The number of hydrogen-bond acceptors (Lipinski definition) is 4. The molecule has 5 heteroatoms. The van der Waals surface area contributed by atoms with E-state index in [1.54, 1.807) is 0 Å². The maximum absolute atomic E-state index is 11.4. The summed E-state index contributed by atoms with van der Waals surface area (Å²) in [6, 6.07) is 0.156. The Kier molecular flexibility index (Phi) is 5.21. The van der Waals surface area contributed by atoms with Gasteiger partial charge in [-0.2, -0.15) is 0 Å². The monoisotopic (exact) mass is 245 g/mol. The lowest BCUT2D eigenvalue weighted by molar-refractivity contribution is -0.0238. The average Bonchev–Trinajstić information content (AvgIpc) is 2.10. The van der Waals surface area contributed by atoms with Crippen molar-refractivity contribution in [1.29, 1.82) is 0 Å². The highest BCUT2D eigenvalue weighted by Crippen LogP contribution is 2.23. The SMILES string of the molecule is CC(C)(C)OC(=O)N[C@H]1C[C@@H](OCCCO)C1. The summed E-state index contributed by atoms with van der Waals surface area (Å²) >= 11 is 0. The quantitative estimate of drug-likeness (QED) is 0.719. The van der Waals surface area contributed by atoms with E-state index in [1.807, 2.05) is 20.8 Å². The van der Waals surface area contributed by atoms with Gasteiger partial charge in [0.25, 0.3) is 0 Å². The second kappa shape index (κ2) is 6.21. The maximum atomic E-state index is 11.4. The summed E-state index contributed by atoms with van der Waals surface area (Å²) in [6.45, 7) is 6.27. The molecule has 1 fully saturated rings. The first-order valence-electron chi connectivity index (χ1n) is 6.12. The molecule has 0 bridgehead atoms. The average molecular weight is 245 g/mol. The topological polar surface area (TPSA) is 67.8 Å². The summed E-state index contributed by atoms with van der Waals surface area (Å²) < 4.78 is 10.6. The number of ether oxygens (including phenoxy) is 2. The van der Waals surface area contributed by atoms with Crippen molar-refractivity contribution in [3.8, 4) is 0 Å². The summed E-state index contributed by atoms with van der Waals surface area (Å²) in [6.07, 6.45) is 2.16. The Morgan fingerprint density at radius 3 is 2.59 bits per heavy atom. The molecule has 100 valence electrons. The van der Waals surface area contributed by atoms with Gasteiger partial charge in [0.15, 0.2) is 0 Å². The van der Waals surface area contributed by atoms with Crippen molar-refractivity contribution in [3.63, 3.8) is 0 Å². The number of rotatable bonds is 5. The summed E-state index contributed by atoms with van der Waals surface area (Å²) in [7, 11) is 0. The zero-order valence-electron chi connectivity index (χ0n) is 10.9. The largest absolute Gasteiger partial charge is 0.444 e. The van der Waals surface area contributed by atoms with Crippen LogP contribution in [0.2, 0.25) is 0 Å². The minimum atomic E-state index is -0.454. The minimum Gasteiger partial charge on any atom is -0.444 e. The Labute approximate surface area is 102 Å². The lowest BCUT2D eigenvalue weighted by Gasteiger charge is -2.35. The Bertz CT molecular complexity index is 243. The molecule has 0 saturated heterocycles. The zero-order valence-corrected chi connectivity index (χ0v) is 10.9. The molecule has 1 rings (SSSR count). The highest BCUT2D eigenvalue weighted by molar-refractivity contribution is 5.68. The normalized spacial score (nSPS) is 24.0. The smallest absolute Gasteiger partial charge is 0.407 e. The third-order valence-corrected chi connectivity index (χ3v) is 2.47.